The topological polar surface area (TPSA) is 66.9 Å². The van der Waals surface area contributed by atoms with E-state index in [1.54, 1.807) is 31.4 Å². The van der Waals surface area contributed by atoms with Crippen molar-refractivity contribution in [3.63, 3.8) is 0 Å². The Morgan fingerprint density at radius 1 is 0.789 bits per heavy atom. The van der Waals surface area contributed by atoms with Crippen molar-refractivity contribution in [3.05, 3.63) is 114 Å². The van der Waals surface area contributed by atoms with Gasteiger partial charge in [0.05, 0.1) is 30.7 Å². The van der Waals surface area contributed by atoms with E-state index in [2.05, 4.69) is 0 Å². The van der Waals surface area contributed by atoms with Gasteiger partial charge in [-0.15, -0.1) is 0 Å². The van der Waals surface area contributed by atoms with E-state index in [9.17, 15) is 14.4 Å². The fraction of sp³-hybridized carbons (Fsp3) is 0.156. The van der Waals surface area contributed by atoms with Crippen LogP contribution in [0.4, 0.5) is 5.69 Å². The highest BCUT2D eigenvalue weighted by molar-refractivity contribution is 6.25. The Morgan fingerprint density at radius 3 is 2.29 bits per heavy atom. The molecule has 4 atom stereocenters. The molecular formula is C32H24N2O4. The zero-order valence-electron chi connectivity index (χ0n) is 20.7. The van der Waals surface area contributed by atoms with Crippen molar-refractivity contribution in [2.45, 2.75) is 12.1 Å². The van der Waals surface area contributed by atoms with Crippen LogP contribution in [0.5, 0.6) is 5.75 Å². The largest absolute Gasteiger partial charge is 0.497 e. The molecule has 186 valence electrons. The number of benzene rings is 4. The number of fused-ring (bicyclic) bond motifs is 6. The Labute approximate surface area is 219 Å². The number of hydrogen-bond acceptors (Lipinski definition) is 5. The van der Waals surface area contributed by atoms with Crippen LogP contribution in [0, 0.1) is 11.8 Å². The first-order valence-corrected chi connectivity index (χ1v) is 12.7. The molecule has 0 radical (unpaired) electrons. The number of carbonyl (C=O) groups excluding carboxylic acids is 3. The van der Waals surface area contributed by atoms with Gasteiger partial charge in [-0.25, -0.2) is 4.90 Å². The Hall–Kier alpha value is -4.71. The summed E-state index contributed by atoms with van der Waals surface area (Å²) in [6.07, 6.45) is 3.83. The van der Waals surface area contributed by atoms with Crippen molar-refractivity contribution < 1.29 is 19.1 Å². The third kappa shape index (κ3) is 3.16. The fourth-order valence-corrected chi connectivity index (χ4v) is 6.35. The molecule has 0 bridgehead atoms. The maximum atomic E-state index is 14.1. The van der Waals surface area contributed by atoms with Gasteiger partial charge in [0.15, 0.2) is 5.78 Å². The number of carbonyl (C=O) groups is 3. The Kier molecular flexibility index (Phi) is 4.98. The number of Topliss-reactive ketones (excluding diaryl/α,β-unsaturated/α-hetero) is 1. The molecule has 0 aromatic heterocycles. The number of rotatable bonds is 4. The number of imide groups is 1. The Bertz CT molecular complexity index is 1660. The fourth-order valence-electron chi connectivity index (χ4n) is 6.35. The van der Waals surface area contributed by atoms with Gasteiger partial charge in [0.1, 0.15) is 11.8 Å². The predicted octanol–water partition coefficient (Wildman–Crippen LogP) is 5.25. The maximum absolute atomic E-state index is 14.1. The van der Waals surface area contributed by atoms with Gasteiger partial charge in [0.25, 0.3) is 0 Å². The van der Waals surface area contributed by atoms with Crippen LogP contribution in [0.1, 0.15) is 27.5 Å². The molecule has 2 saturated heterocycles. The molecule has 6 nitrogen and oxygen atoms in total. The third-order valence-electron chi connectivity index (χ3n) is 8.10. The minimum absolute atomic E-state index is 0.185. The number of amides is 2. The van der Waals surface area contributed by atoms with E-state index in [-0.39, 0.29) is 17.6 Å². The lowest BCUT2D eigenvalue weighted by atomic mass is 9.83. The molecule has 0 aliphatic carbocycles. The van der Waals surface area contributed by atoms with Crippen molar-refractivity contribution in [3.8, 4) is 5.75 Å². The van der Waals surface area contributed by atoms with E-state index in [0.717, 1.165) is 21.9 Å². The standard InChI is InChI=1S/C32H24N2O4/c1-38-24-14-11-21(12-15-24)30(35)29-27-26(28-25-9-5-4-7-20(25)16-17-33(28)29)31(36)34(32(27)37)23-13-10-19-6-2-3-8-22(19)18-23/h2-18,26-29H,1H3/t26-,27+,28-,29-/m0/s1. The van der Waals surface area contributed by atoms with E-state index >= 15 is 0 Å². The van der Waals surface area contributed by atoms with Crippen molar-refractivity contribution in [2.75, 3.05) is 12.0 Å². The summed E-state index contributed by atoms with van der Waals surface area (Å²) in [5.74, 6) is -1.61. The van der Waals surface area contributed by atoms with Crippen LogP contribution in [0.15, 0.2) is 97.2 Å². The molecule has 2 amide bonds. The summed E-state index contributed by atoms with van der Waals surface area (Å²) in [7, 11) is 1.57. The lowest BCUT2D eigenvalue weighted by Gasteiger charge is -2.35. The number of ether oxygens (including phenoxy) is 1. The number of methoxy groups -OCH3 is 1. The van der Waals surface area contributed by atoms with Crippen LogP contribution in [-0.4, -0.2) is 35.6 Å². The normalized spacial score (nSPS) is 23.4. The van der Waals surface area contributed by atoms with Gasteiger partial charge in [-0.05, 0) is 64.4 Å². The molecule has 2 fully saturated rings. The summed E-state index contributed by atoms with van der Waals surface area (Å²) in [5.41, 5.74) is 2.97. The summed E-state index contributed by atoms with van der Waals surface area (Å²) in [4.78, 5) is 45.5. The molecule has 0 saturated carbocycles. The predicted molar refractivity (Wildman–Crippen MR) is 145 cm³/mol. The van der Waals surface area contributed by atoms with Gasteiger partial charge in [0.2, 0.25) is 11.8 Å². The molecule has 3 aliphatic heterocycles. The quantitative estimate of drug-likeness (QED) is 0.283. The second-order valence-corrected chi connectivity index (χ2v) is 9.97. The maximum Gasteiger partial charge on any atom is 0.240 e. The van der Waals surface area contributed by atoms with E-state index < -0.39 is 23.9 Å². The zero-order chi connectivity index (χ0) is 26.0. The minimum Gasteiger partial charge on any atom is -0.497 e. The molecule has 4 aromatic carbocycles. The van der Waals surface area contributed by atoms with Gasteiger partial charge >= 0.3 is 0 Å². The van der Waals surface area contributed by atoms with Crippen molar-refractivity contribution in [2.24, 2.45) is 11.8 Å². The molecule has 38 heavy (non-hydrogen) atoms. The average Bonchev–Trinajstić information content (AvgIpc) is 3.44. The summed E-state index contributed by atoms with van der Waals surface area (Å²) in [5, 5.41) is 1.97. The molecule has 0 unspecified atom stereocenters. The van der Waals surface area contributed by atoms with Crippen molar-refractivity contribution in [1.29, 1.82) is 0 Å². The Morgan fingerprint density at radius 2 is 1.50 bits per heavy atom. The van der Waals surface area contributed by atoms with Gasteiger partial charge in [-0.1, -0.05) is 54.6 Å². The van der Waals surface area contributed by atoms with Crippen LogP contribution in [-0.2, 0) is 9.59 Å². The summed E-state index contributed by atoms with van der Waals surface area (Å²) >= 11 is 0. The molecule has 0 spiro atoms. The lowest BCUT2D eigenvalue weighted by Crippen LogP contribution is -2.44. The van der Waals surface area contributed by atoms with E-state index in [0.29, 0.717) is 17.0 Å². The molecule has 4 aromatic rings. The summed E-state index contributed by atoms with van der Waals surface area (Å²) in [6, 6.07) is 27.0. The molecular weight excluding hydrogens is 476 g/mol. The van der Waals surface area contributed by atoms with Gasteiger partial charge in [0, 0.05) is 11.8 Å². The van der Waals surface area contributed by atoms with Crippen LogP contribution in [0.2, 0.25) is 0 Å². The van der Waals surface area contributed by atoms with Crippen LogP contribution < -0.4 is 9.64 Å². The molecule has 6 heteroatoms. The van der Waals surface area contributed by atoms with Gasteiger partial charge < -0.3 is 9.64 Å². The smallest absolute Gasteiger partial charge is 0.240 e. The average molecular weight is 501 g/mol. The number of hydrogen-bond donors (Lipinski definition) is 0. The third-order valence-corrected chi connectivity index (χ3v) is 8.10. The molecule has 7 rings (SSSR count). The van der Waals surface area contributed by atoms with Crippen molar-refractivity contribution in [1.82, 2.24) is 4.90 Å². The second kappa shape index (κ2) is 8.42. The second-order valence-electron chi connectivity index (χ2n) is 9.97. The molecule has 3 aliphatic rings. The minimum atomic E-state index is -0.802. The Balaban J connectivity index is 1.35. The zero-order valence-corrected chi connectivity index (χ0v) is 20.7. The summed E-state index contributed by atoms with van der Waals surface area (Å²) < 4.78 is 5.26. The molecule has 0 N–H and O–H groups in total. The van der Waals surface area contributed by atoms with Crippen LogP contribution in [0.3, 0.4) is 0 Å². The highest BCUT2D eigenvalue weighted by Crippen LogP contribution is 2.53. The highest BCUT2D eigenvalue weighted by atomic mass is 16.5. The van der Waals surface area contributed by atoms with E-state index in [1.807, 2.05) is 83.9 Å². The SMILES string of the molecule is COc1ccc(C(=O)[C@@H]2[C@@H]3C(=O)N(c4ccc5ccccc5c4)C(=O)[C@@H]3[C@@H]3c4ccccc4C=CN23)cc1. The summed E-state index contributed by atoms with van der Waals surface area (Å²) in [6.45, 7) is 0. The monoisotopic (exact) mass is 500 g/mol. The van der Waals surface area contributed by atoms with E-state index in [4.69, 9.17) is 4.74 Å². The van der Waals surface area contributed by atoms with Crippen LogP contribution >= 0.6 is 0 Å². The highest BCUT2D eigenvalue weighted by Gasteiger charge is 2.64. The van der Waals surface area contributed by atoms with Crippen molar-refractivity contribution >= 4 is 40.1 Å². The number of anilines is 1. The van der Waals surface area contributed by atoms with E-state index in [1.165, 1.54) is 4.90 Å². The van der Waals surface area contributed by atoms with Gasteiger partial charge in [-0.2, -0.15) is 0 Å². The number of ketones is 1. The lowest BCUT2D eigenvalue weighted by molar-refractivity contribution is -0.123. The first kappa shape index (κ1) is 22.5. The first-order chi connectivity index (χ1) is 18.6. The van der Waals surface area contributed by atoms with Crippen LogP contribution in [0.25, 0.3) is 16.8 Å². The van der Waals surface area contributed by atoms with Gasteiger partial charge in [-0.3, -0.25) is 14.4 Å². The number of nitrogens with zero attached hydrogens (tertiary/aromatic N) is 2. The first-order valence-electron chi connectivity index (χ1n) is 12.7. The molecule has 3 heterocycles.